The largest absolute Gasteiger partial charge is 0.351 e. The predicted molar refractivity (Wildman–Crippen MR) is 108 cm³/mol. The highest BCUT2D eigenvalue weighted by molar-refractivity contribution is 7.17. The third-order valence-corrected chi connectivity index (χ3v) is 6.89. The quantitative estimate of drug-likeness (QED) is 0.749. The van der Waals surface area contributed by atoms with E-state index in [2.05, 4.69) is 24.3 Å². The summed E-state index contributed by atoms with van der Waals surface area (Å²) in [6.07, 6.45) is 4.06. The third-order valence-electron chi connectivity index (χ3n) is 6.03. The second-order valence-electron chi connectivity index (χ2n) is 7.71. The summed E-state index contributed by atoms with van der Waals surface area (Å²) in [5.41, 5.74) is 1.39. The Balaban J connectivity index is 1.63. The van der Waals surface area contributed by atoms with Crippen LogP contribution in [0.5, 0.6) is 0 Å². The summed E-state index contributed by atoms with van der Waals surface area (Å²) in [5.74, 6) is 1.74. The summed E-state index contributed by atoms with van der Waals surface area (Å²) in [4.78, 5) is 25.5. The van der Waals surface area contributed by atoms with Gasteiger partial charge in [-0.1, -0.05) is 33.6 Å². The molecule has 0 aliphatic heterocycles. The molecular weight excluding hydrogens is 360 g/mol. The molecule has 1 saturated carbocycles. The molecule has 0 spiro atoms. The van der Waals surface area contributed by atoms with Crippen LogP contribution in [0.1, 0.15) is 45.9 Å². The number of fused-ring (bicyclic) bond motifs is 3. The number of thiophene rings is 1. The molecule has 144 valence electrons. The minimum atomic E-state index is -0.212. The normalized spacial score (nSPS) is 23.1. The summed E-state index contributed by atoms with van der Waals surface area (Å²) in [7, 11) is 0. The molecule has 0 aromatic carbocycles. The second kappa shape index (κ2) is 7.11. The number of hydrogen-bond acceptors (Lipinski definition) is 4. The van der Waals surface area contributed by atoms with Crippen LogP contribution < -0.4 is 10.9 Å². The molecule has 3 heterocycles. The molecule has 7 heteroatoms. The molecule has 3 aromatic heterocycles. The lowest BCUT2D eigenvalue weighted by Gasteiger charge is -2.34. The van der Waals surface area contributed by atoms with E-state index in [4.69, 9.17) is 0 Å². The van der Waals surface area contributed by atoms with Crippen LogP contribution in [0.2, 0.25) is 0 Å². The first-order chi connectivity index (χ1) is 13.0. The highest BCUT2D eigenvalue weighted by atomic mass is 32.1. The van der Waals surface area contributed by atoms with Crippen LogP contribution in [0.4, 0.5) is 0 Å². The fourth-order valence-electron chi connectivity index (χ4n) is 4.23. The molecule has 0 unspecified atom stereocenters. The number of nitrogens with zero attached hydrogens (tertiary/aromatic N) is 3. The predicted octanol–water partition coefficient (Wildman–Crippen LogP) is 3.21. The average Bonchev–Trinajstić information content (AvgIpc) is 3.23. The van der Waals surface area contributed by atoms with Gasteiger partial charge < -0.3 is 5.32 Å². The number of carbonyl (C=O) groups is 1. The molecule has 1 aliphatic carbocycles. The van der Waals surface area contributed by atoms with E-state index in [1.807, 2.05) is 28.8 Å². The first-order valence-electron chi connectivity index (χ1n) is 9.77. The monoisotopic (exact) mass is 386 g/mol. The number of hydrogen-bond donors (Lipinski definition) is 1. The second-order valence-corrected chi connectivity index (χ2v) is 8.66. The van der Waals surface area contributed by atoms with Gasteiger partial charge in [-0.05, 0) is 35.8 Å². The van der Waals surface area contributed by atoms with Gasteiger partial charge in [0.15, 0.2) is 0 Å². The molecular formula is C20H26N4O2S. The van der Waals surface area contributed by atoms with E-state index in [9.17, 15) is 9.59 Å². The SMILES string of the molecule is CCc1nn(CC(=O)N[C@@H]2CCC[C@@H](C)[C@H]2C)c(=O)c2cc3sccc3n12. The Labute approximate surface area is 162 Å². The van der Waals surface area contributed by atoms with Crippen molar-refractivity contribution in [3.8, 4) is 0 Å². The molecule has 1 N–H and O–H groups in total. The maximum atomic E-state index is 12.9. The zero-order valence-electron chi connectivity index (χ0n) is 16.1. The Bertz CT molecular complexity index is 1050. The molecule has 0 radical (unpaired) electrons. The zero-order chi connectivity index (χ0) is 19.1. The van der Waals surface area contributed by atoms with Gasteiger partial charge in [0.05, 0.1) is 10.2 Å². The Morgan fingerprint density at radius 3 is 2.93 bits per heavy atom. The van der Waals surface area contributed by atoms with E-state index < -0.39 is 0 Å². The van der Waals surface area contributed by atoms with E-state index >= 15 is 0 Å². The Morgan fingerprint density at radius 1 is 1.33 bits per heavy atom. The minimum absolute atomic E-state index is 0.0290. The average molecular weight is 387 g/mol. The first kappa shape index (κ1) is 18.2. The van der Waals surface area contributed by atoms with Gasteiger partial charge >= 0.3 is 0 Å². The van der Waals surface area contributed by atoms with E-state index in [1.54, 1.807) is 11.3 Å². The Hall–Kier alpha value is -2.15. The number of nitrogens with one attached hydrogen (secondary N) is 1. The van der Waals surface area contributed by atoms with Gasteiger partial charge in [-0.25, -0.2) is 4.68 Å². The smallest absolute Gasteiger partial charge is 0.291 e. The Kier molecular flexibility index (Phi) is 4.80. The van der Waals surface area contributed by atoms with Gasteiger partial charge in [0.25, 0.3) is 5.56 Å². The van der Waals surface area contributed by atoms with Gasteiger partial charge in [0.2, 0.25) is 5.91 Å². The standard InChI is InChI=1S/C20H26N4O2S/c1-4-18-22-23(11-19(25)21-14-7-5-6-12(2)13(14)3)20(26)16-10-17-15(24(16)18)8-9-27-17/h8-10,12-14H,4-7,11H2,1-3H3,(H,21,25)/t12-,13-,14-/m1/s1. The summed E-state index contributed by atoms with van der Waals surface area (Å²) in [6.45, 7) is 6.43. The van der Waals surface area contributed by atoms with Crippen molar-refractivity contribution in [1.29, 1.82) is 0 Å². The number of rotatable bonds is 4. The summed E-state index contributed by atoms with van der Waals surface area (Å²) >= 11 is 1.61. The van der Waals surface area contributed by atoms with Crippen LogP contribution in [0.15, 0.2) is 22.3 Å². The lowest BCUT2D eigenvalue weighted by atomic mass is 9.78. The lowest BCUT2D eigenvalue weighted by Crippen LogP contribution is -2.46. The summed E-state index contributed by atoms with van der Waals surface area (Å²) in [6, 6.07) is 4.10. The molecule has 3 atom stereocenters. The highest BCUT2D eigenvalue weighted by Crippen LogP contribution is 2.29. The van der Waals surface area contributed by atoms with Crippen LogP contribution >= 0.6 is 11.3 Å². The molecule has 27 heavy (non-hydrogen) atoms. The van der Waals surface area contributed by atoms with Crippen molar-refractivity contribution >= 4 is 33.0 Å². The van der Waals surface area contributed by atoms with Crippen molar-refractivity contribution in [2.45, 2.75) is 59.0 Å². The maximum Gasteiger partial charge on any atom is 0.291 e. The molecule has 0 bridgehead atoms. The molecule has 1 amide bonds. The highest BCUT2D eigenvalue weighted by Gasteiger charge is 2.28. The molecule has 3 aromatic rings. The van der Waals surface area contributed by atoms with Crippen molar-refractivity contribution in [2.24, 2.45) is 11.8 Å². The van der Waals surface area contributed by atoms with Crippen LogP contribution in [-0.4, -0.2) is 26.1 Å². The van der Waals surface area contributed by atoms with Crippen molar-refractivity contribution in [3.63, 3.8) is 0 Å². The summed E-state index contributed by atoms with van der Waals surface area (Å²) in [5, 5.41) is 9.65. The zero-order valence-corrected chi connectivity index (χ0v) is 16.9. The third kappa shape index (κ3) is 3.18. The van der Waals surface area contributed by atoms with E-state index in [1.165, 1.54) is 11.1 Å². The van der Waals surface area contributed by atoms with Crippen molar-refractivity contribution < 1.29 is 4.79 Å². The van der Waals surface area contributed by atoms with Gasteiger partial charge in [0.1, 0.15) is 17.9 Å². The lowest BCUT2D eigenvalue weighted by molar-refractivity contribution is -0.123. The molecule has 0 saturated heterocycles. The van der Waals surface area contributed by atoms with Crippen molar-refractivity contribution in [2.75, 3.05) is 0 Å². The number of aryl methyl sites for hydroxylation is 1. The topological polar surface area (TPSA) is 68.4 Å². The van der Waals surface area contributed by atoms with Gasteiger partial charge in [-0.3, -0.25) is 14.0 Å². The number of amides is 1. The van der Waals surface area contributed by atoms with Gasteiger partial charge in [-0.2, -0.15) is 5.10 Å². The molecule has 6 nitrogen and oxygen atoms in total. The first-order valence-corrected chi connectivity index (χ1v) is 10.7. The van der Waals surface area contributed by atoms with Crippen molar-refractivity contribution in [3.05, 3.63) is 33.7 Å². The summed E-state index contributed by atoms with van der Waals surface area (Å²) < 4.78 is 4.31. The maximum absolute atomic E-state index is 12.9. The fraction of sp³-hybridized carbons (Fsp3) is 0.550. The van der Waals surface area contributed by atoms with Crippen LogP contribution in [0.25, 0.3) is 15.7 Å². The van der Waals surface area contributed by atoms with E-state index in [0.29, 0.717) is 23.8 Å². The minimum Gasteiger partial charge on any atom is -0.351 e. The molecule has 1 aliphatic rings. The van der Waals surface area contributed by atoms with Crippen LogP contribution in [-0.2, 0) is 17.8 Å². The number of aromatic nitrogens is 3. The fourth-order valence-corrected chi connectivity index (χ4v) is 5.04. The van der Waals surface area contributed by atoms with E-state index in [0.717, 1.165) is 28.9 Å². The molecule has 4 rings (SSSR count). The van der Waals surface area contributed by atoms with Crippen molar-refractivity contribution in [1.82, 2.24) is 19.5 Å². The van der Waals surface area contributed by atoms with Crippen LogP contribution in [0.3, 0.4) is 0 Å². The molecule has 1 fully saturated rings. The Morgan fingerprint density at radius 2 is 2.15 bits per heavy atom. The van der Waals surface area contributed by atoms with Gasteiger partial charge in [-0.15, -0.1) is 11.3 Å². The van der Waals surface area contributed by atoms with Gasteiger partial charge in [0, 0.05) is 12.5 Å². The van der Waals surface area contributed by atoms with Crippen LogP contribution in [0, 0.1) is 11.8 Å². The number of carbonyl (C=O) groups excluding carboxylic acids is 1. The van der Waals surface area contributed by atoms with E-state index in [-0.39, 0.29) is 24.1 Å².